The molecule has 0 aliphatic heterocycles. The lowest BCUT2D eigenvalue weighted by Gasteiger charge is -2.08. The molecule has 1 amide bonds. The largest absolute Gasteiger partial charge is 0.298 e. The fourth-order valence-corrected chi connectivity index (χ4v) is 3.84. The lowest BCUT2D eigenvalue weighted by Crippen LogP contribution is -2.15. The molecule has 0 saturated heterocycles. The zero-order valence-corrected chi connectivity index (χ0v) is 16.3. The molecule has 0 radical (unpaired) electrons. The summed E-state index contributed by atoms with van der Waals surface area (Å²) in [5.74, 6) is -0.200. The molecule has 8 heteroatoms. The van der Waals surface area contributed by atoms with Crippen LogP contribution in [-0.4, -0.2) is 25.7 Å². The predicted octanol–water partition coefficient (Wildman–Crippen LogP) is 4.28. The summed E-state index contributed by atoms with van der Waals surface area (Å²) in [6, 6.07) is 15.1. The van der Waals surface area contributed by atoms with Crippen molar-refractivity contribution in [2.75, 3.05) is 5.32 Å². The number of rotatable bonds is 6. The van der Waals surface area contributed by atoms with E-state index in [1.807, 2.05) is 42.5 Å². The SMILES string of the molecule is O=C(Nc1ncc(Cc2ccccc2Cl)s1)c1ccccc1Cn1cncn1. The first-order valence-corrected chi connectivity index (χ1v) is 9.78. The standard InChI is InChI=1S/C20H16ClN5OS/c21-18-8-4-2-5-14(18)9-16-10-23-20(28-16)25-19(27)17-7-3-1-6-15(17)11-26-13-22-12-24-26/h1-8,10,12-13H,9,11H2,(H,23,25,27). The number of hydrogen-bond donors (Lipinski definition) is 1. The van der Waals surface area contributed by atoms with Crippen LogP contribution < -0.4 is 5.32 Å². The van der Waals surface area contributed by atoms with Gasteiger partial charge in [0.2, 0.25) is 0 Å². The van der Waals surface area contributed by atoms with E-state index in [1.54, 1.807) is 23.3 Å². The first-order chi connectivity index (χ1) is 13.7. The van der Waals surface area contributed by atoms with Crippen molar-refractivity contribution in [1.82, 2.24) is 19.7 Å². The summed E-state index contributed by atoms with van der Waals surface area (Å²) in [5.41, 5.74) is 2.48. The molecule has 0 aliphatic carbocycles. The summed E-state index contributed by atoms with van der Waals surface area (Å²) < 4.78 is 1.68. The van der Waals surface area contributed by atoms with E-state index < -0.39 is 0 Å². The molecule has 0 saturated carbocycles. The van der Waals surface area contributed by atoms with Crippen LogP contribution in [0.4, 0.5) is 5.13 Å². The molecular formula is C20H16ClN5OS. The summed E-state index contributed by atoms with van der Waals surface area (Å²) >= 11 is 7.67. The van der Waals surface area contributed by atoms with Gasteiger partial charge in [0, 0.05) is 28.1 Å². The van der Waals surface area contributed by atoms with E-state index in [9.17, 15) is 4.79 Å². The van der Waals surface area contributed by atoms with Gasteiger partial charge in [-0.3, -0.25) is 10.1 Å². The quantitative estimate of drug-likeness (QED) is 0.516. The second-order valence-corrected chi connectivity index (χ2v) is 7.63. The fourth-order valence-electron chi connectivity index (χ4n) is 2.81. The molecular weight excluding hydrogens is 394 g/mol. The van der Waals surface area contributed by atoms with Gasteiger partial charge in [0.25, 0.3) is 5.91 Å². The Labute approximate surface area is 170 Å². The summed E-state index contributed by atoms with van der Waals surface area (Å²) in [6.07, 6.45) is 5.54. The van der Waals surface area contributed by atoms with Crippen LogP contribution in [0.15, 0.2) is 67.4 Å². The van der Waals surface area contributed by atoms with Crippen molar-refractivity contribution in [3.63, 3.8) is 0 Å². The van der Waals surface area contributed by atoms with Gasteiger partial charge in [0.15, 0.2) is 5.13 Å². The number of carbonyl (C=O) groups excluding carboxylic acids is 1. The van der Waals surface area contributed by atoms with Crippen molar-refractivity contribution in [3.05, 3.63) is 94.0 Å². The second-order valence-electron chi connectivity index (χ2n) is 6.10. The Morgan fingerprint density at radius 3 is 2.68 bits per heavy atom. The molecule has 4 aromatic rings. The van der Waals surface area contributed by atoms with Crippen LogP contribution >= 0.6 is 22.9 Å². The van der Waals surface area contributed by atoms with Crippen LogP contribution in [0.3, 0.4) is 0 Å². The van der Waals surface area contributed by atoms with Gasteiger partial charge in [-0.25, -0.2) is 14.6 Å². The molecule has 0 bridgehead atoms. The minimum atomic E-state index is -0.200. The number of hydrogen-bond acceptors (Lipinski definition) is 5. The zero-order chi connectivity index (χ0) is 19.3. The van der Waals surface area contributed by atoms with Gasteiger partial charge >= 0.3 is 0 Å². The van der Waals surface area contributed by atoms with Gasteiger partial charge in [0.05, 0.1) is 6.54 Å². The van der Waals surface area contributed by atoms with E-state index in [0.717, 1.165) is 21.0 Å². The molecule has 2 aromatic carbocycles. The number of amides is 1. The maximum atomic E-state index is 12.8. The van der Waals surface area contributed by atoms with Gasteiger partial charge in [0.1, 0.15) is 12.7 Å². The molecule has 2 heterocycles. The monoisotopic (exact) mass is 409 g/mol. The van der Waals surface area contributed by atoms with Crippen LogP contribution in [0.5, 0.6) is 0 Å². The molecule has 28 heavy (non-hydrogen) atoms. The number of nitrogens with zero attached hydrogens (tertiary/aromatic N) is 4. The Kier molecular flexibility index (Phi) is 5.45. The van der Waals surface area contributed by atoms with Crippen molar-refractivity contribution < 1.29 is 4.79 Å². The topological polar surface area (TPSA) is 72.7 Å². The summed E-state index contributed by atoms with van der Waals surface area (Å²) in [4.78, 5) is 22.1. The van der Waals surface area contributed by atoms with Crippen molar-refractivity contribution in [2.45, 2.75) is 13.0 Å². The number of aromatic nitrogens is 4. The molecule has 0 fully saturated rings. The van der Waals surface area contributed by atoms with E-state index >= 15 is 0 Å². The molecule has 0 atom stereocenters. The van der Waals surface area contributed by atoms with Gasteiger partial charge in [-0.1, -0.05) is 48.0 Å². The molecule has 6 nitrogen and oxygen atoms in total. The third kappa shape index (κ3) is 4.27. The number of benzene rings is 2. The number of halogens is 1. The average Bonchev–Trinajstić information content (AvgIpc) is 3.36. The van der Waals surface area contributed by atoms with Crippen molar-refractivity contribution in [2.24, 2.45) is 0 Å². The molecule has 0 aliphatic rings. The minimum absolute atomic E-state index is 0.200. The van der Waals surface area contributed by atoms with E-state index in [-0.39, 0.29) is 5.91 Å². The number of carbonyl (C=O) groups is 1. The Hall–Kier alpha value is -3.03. The summed E-state index contributed by atoms with van der Waals surface area (Å²) in [6.45, 7) is 0.471. The van der Waals surface area contributed by atoms with Crippen LogP contribution in [0.25, 0.3) is 0 Å². The molecule has 0 spiro atoms. The highest BCUT2D eigenvalue weighted by atomic mass is 35.5. The van der Waals surface area contributed by atoms with Crippen molar-refractivity contribution in [3.8, 4) is 0 Å². The fraction of sp³-hybridized carbons (Fsp3) is 0.100. The van der Waals surface area contributed by atoms with Gasteiger partial charge in [-0.2, -0.15) is 5.10 Å². The molecule has 140 valence electrons. The van der Waals surface area contributed by atoms with E-state index in [0.29, 0.717) is 23.7 Å². The predicted molar refractivity (Wildman–Crippen MR) is 110 cm³/mol. The highest BCUT2D eigenvalue weighted by Crippen LogP contribution is 2.25. The maximum absolute atomic E-state index is 12.8. The van der Waals surface area contributed by atoms with E-state index in [4.69, 9.17) is 11.6 Å². The number of anilines is 1. The third-order valence-corrected chi connectivity index (χ3v) is 5.44. The molecule has 4 rings (SSSR count). The normalized spacial score (nSPS) is 10.8. The number of nitrogens with one attached hydrogen (secondary N) is 1. The second kappa shape index (κ2) is 8.33. The van der Waals surface area contributed by atoms with E-state index in [2.05, 4.69) is 20.4 Å². The maximum Gasteiger partial charge on any atom is 0.257 e. The molecule has 2 aromatic heterocycles. The molecule has 0 unspecified atom stereocenters. The smallest absolute Gasteiger partial charge is 0.257 e. The number of thiazole rings is 1. The Morgan fingerprint density at radius 2 is 1.89 bits per heavy atom. The minimum Gasteiger partial charge on any atom is -0.298 e. The lowest BCUT2D eigenvalue weighted by molar-refractivity contribution is 0.102. The van der Waals surface area contributed by atoms with Gasteiger partial charge in [-0.05, 0) is 23.3 Å². The van der Waals surface area contributed by atoms with Crippen LogP contribution in [-0.2, 0) is 13.0 Å². The lowest BCUT2D eigenvalue weighted by atomic mass is 10.1. The summed E-state index contributed by atoms with van der Waals surface area (Å²) in [7, 11) is 0. The first-order valence-electron chi connectivity index (χ1n) is 8.59. The van der Waals surface area contributed by atoms with Crippen molar-refractivity contribution >= 4 is 34.0 Å². The zero-order valence-electron chi connectivity index (χ0n) is 14.7. The Balaban J connectivity index is 1.48. The van der Waals surface area contributed by atoms with Crippen LogP contribution in [0.1, 0.15) is 26.4 Å². The highest BCUT2D eigenvalue weighted by molar-refractivity contribution is 7.15. The average molecular weight is 410 g/mol. The highest BCUT2D eigenvalue weighted by Gasteiger charge is 2.14. The van der Waals surface area contributed by atoms with Crippen molar-refractivity contribution in [1.29, 1.82) is 0 Å². The Bertz CT molecular complexity index is 1090. The third-order valence-electron chi connectivity index (χ3n) is 4.16. The first kappa shape index (κ1) is 18.3. The summed E-state index contributed by atoms with van der Waals surface area (Å²) in [5, 5.41) is 8.27. The molecule has 1 N–H and O–H groups in total. The van der Waals surface area contributed by atoms with Crippen LogP contribution in [0.2, 0.25) is 5.02 Å². The van der Waals surface area contributed by atoms with Gasteiger partial charge < -0.3 is 0 Å². The Morgan fingerprint density at radius 1 is 1.11 bits per heavy atom. The van der Waals surface area contributed by atoms with Gasteiger partial charge in [-0.15, -0.1) is 11.3 Å². The van der Waals surface area contributed by atoms with Crippen LogP contribution in [0, 0.1) is 0 Å². The van der Waals surface area contributed by atoms with E-state index in [1.165, 1.54) is 17.7 Å².